The van der Waals surface area contributed by atoms with E-state index in [-0.39, 0.29) is 17.9 Å². The maximum absolute atomic E-state index is 14.0. The predicted octanol–water partition coefficient (Wildman–Crippen LogP) is 5.84. The summed E-state index contributed by atoms with van der Waals surface area (Å²) in [7, 11) is 0. The first-order valence-corrected chi connectivity index (χ1v) is 8.53. The topological polar surface area (TPSA) is 12.0 Å². The van der Waals surface area contributed by atoms with Crippen molar-refractivity contribution in [2.75, 3.05) is 0 Å². The van der Waals surface area contributed by atoms with Crippen LogP contribution >= 0.6 is 27.3 Å². The zero-order valence-corrected chi connectivity index (χ0v) is 14.1. The fourth-order valence-corrected chi connectivity index (χ4v) is 3.48. The minimum Gasteiger partial charge on any atom is -0.303 e. The van der Waals surface area contributed by atoms with E-state index in [0.29, 0.717) is 5.56 Å². The van der Waals surface area contributed by atoms with Crippen molar-refractivity contribution in [3.63, 3.8) is 0 Å². The number of thiophene rings is 1. The van der Waals surface area contributed by atoms with Gasteiger partial charge in [-0.2, -0.15) is 0 Å². The first kappa shape index (κ1) is 15.7. The van der Waals surface area contributed by atoms with E-state index >= 15 is 0 Å². The van der Waals surface area contributed by atoms with Crippen molar-refractivity contribution in [1.82, 2.24) is 5.32 Å². The Labute approximate surface area is 132 Å². The lowest BCUT2D eigenvalue weighted by molar-refractivity contribution is 0.433. The van der Waals surface area contributed by atoms with Crippen LogP contribution in [0.1, 0.15) is 49.2 Å². The highest BCUT2D eigenvalue weighted by Gasteiger charge is 2.17. The highest BCUT2D eigenvalue weighted by Crippen LogP contribution is 2.28. The van der Waals surface area contributed by atoms with Gasteiger partial charge in [-0.05, 0) is 36.9 Å². The summed E-state index contributed by atoms with van der Waals surface area (Å²) in [5.41, 5.74) is 0.714. The van der Waals surface area contributed by atoms with Gasteiger partial charge in [0.15, 0.2) is 0 Å². The third-order valence-corrected chi connectivity index (χ3v) is 4.82. The van der Waals surface area contributed by atoms with Crippen molar-refractivity contribution >= 4 is 27.3 Å². The second kappa shape index (κ2) is 7.34. The molecule has 0 aliphatic rings. The number of halogens is 2. The molecule has 0 saturated carbocycles. The van der Waals surface area contributed by atoms with Gasteiger partial charge in [0.05, 0.1) is 0 Å². The van der Waals surface area contributed by atoms with E-state index in [2.05, 4.69) is 45.7 Å². The fourth-order valence-electron chi connectivity index (χ4n) is 2.33. The van der Waals surface area contributed by atoms with Crippen LogP contribution in [0.4, 0.5) is 4.39 Å². The predicted molar refractivity (Wildman–Crippen MR) is 87.6 cm³/mol. The molecule has 2 rings (SSSR count). The Morgan fingerprint density at radius 1 is 1.35 bits per heavy atom. The summed E-state index contributed by atoms with van der Waals surface area (Å²) >= 11 is 5.04. The van der Waals surface area contributed by atoms with E-state index in [1.54, 1.807) is 11.3 Å². The summed E-state index contributed by atoms with van der Waals surface area (Å²) in [6, 6.07) is 9.73. The Bertz CT molecular complexity index is 541. The molecule has 1 N–H and O–H groups in total. The van der Waals surface area contributed by atoms with Gasteiger partial charge in [0, 0.05) is 27.0 Å². The molecular weight excluding hydrogens is 337 g/mol. The Morgan fingerprint density at radius 3 is 2.75 bits per heavy atom. The van der Waals surface area contributed by atoms with Crippen LogP contribution in [-0.4, -0.2) is 0 Å². The standard InChI is InChI=1S/C16H19BrFNS/c1-3-5-15(16-6-4-9-20-16)19-11(2)13-8-7-12(17)10-14(13)18/h4,6-11,15,19H,3,5H2,1-2H3. The highest BCUT2D eigenvalue weighted by atomic mass is 79.9. The summed E-state index contributed by atoms with van der Waals surface area (Å²) in [6.45, 7) is 4.19. The van der Waals surface area contributed by atoms with Crippen LogP contribution in [0.25, 0.3) is 0 Å². The quantitative estimate of drug-likeness (QED) is 0.685. The molecule has 1 nitrogen and oxygen atoms in total. The third-order valence-electron chi connectivity index (χ3n) is 3.34. The molecule has 1 aromatic carbocycles. The number of hydrogen-bond acceptors (Lipinski definition) is 2. The van der Waals surface area contributed by atoms with Gasteiger partial charge in [-0.3, -0.25) is 0 Å². The van der Waals surface area contributed by atoms with Crippen LogP contribution in [0, 0.1) is 5.82 Å². The van der Waals surface area contributed by atoms with Crippen LogP contribution < -0.4 is 5.32 Å². The van der Waals surface area contributed by atoms with Gasteiger partial charge in [0.1, 0.15) is 5.82 Å². The molecular formula is C16H19BrFNS. The minimum atomic E-state index is -0.166. The van der Waals surface area contributed by atoms with Gasteiger partial charge < -0.3 is 5.32 Å². The van der Waals surface area contributed by atoms with Crippen LogP contribution in [0.15, 0.2) is 40.2 Å². The molecule has 2 unspecified atom stereocenters. The van der Waals surface area contributed by atoms with Crippen LogP contribution in [0.2, 0.25) is 0 Å². The molecule has 0 spiro atoms. The summed E-state index contributed by atoms with van der Waals surface area (Å²) in [5.74, 6) is -0.166. The van der Waals surface area contributed by atoms with Gasteiger partial charge in [0.2, 0.25) is 0 Å². The van der Waals surface area contributed by atoms with Gasteiger partial charge in [0.25, 0.3) is 0 Å². The molecule has 20 heavy (non-hydrogen) atoms. The minimum absolute atomic E-state index is 0.0123. The molecule has 4 heteroatoms. The molecule has 1 aromatic heterocycles. The molecule has 0 radical (unpaired) electrons. The van der Waals surface area contributed by atoms with Crippen molar-refractivity contribution in [1.29, 1.82) is 0 Å². The van der Waals surface area contributed by atoms with Gasteiger partial charge >= 0.3 is 0 Å². The summed E-state index contributed by atoms with van der Waals surface area (Å²) in [6.07, 6.45) is 2.16. The van der Waals surface area contributed by atoms with Crippen LogP contribution in [0.5, 0.6) is 0 Å². The lowest BCUT2D eigenvalue weighted by atomic mass is 10.0. The molecule has 0 saturated heterocycles. The van der Waals surface area contributed by atoms with Crippen molar-refractivity contribution in [2.24, 2.45) is 0 Å². The monoisotopic (exact) mass is 355 g/mol. The molecule has 0 aliphatic carbocycles. The first-order chi connectivity index (χ1) is 9.61. The third kappa shape index (κ3) is 3.90. The van der Waals surface area contributed by atoms with Crippen molar-refractivity contribution < 1.29 is 4.39 Å². The van der Waals surface area contributed by atoms with E-state index < -0.39 is 0 Å². The maximum Gasteiger partial charge on any atom is 0.129 e. The largest absolute Gasteiger partial charge is 0.303 e. The van der Waals surface area contributed by atoms with E-state index in [0.717, 1.165) is 17.3 Å². The summed E-state index contributed by atoms with van der Waals surface area (Å²) in [4.78, 5) is 1.32. The second-order valence-electron chi connectivity index (χ2n) is 4.91. The van der Waals surface area contributed by atoms with Crippen LogP contribution in [-0.2, 0) is 0 Å². The molecule has 2 aromatic rings. The van der Waals surface area contributed by atoms with Gasteiger partial charge in [-0.1, -0.05) is 41.4 Å². The number of benzene rings is 1. The zero-order chi connectivity index (χ0) is 14.5. The molecule has 0 bridgehead atoms. The average Bonchev–Trinajstić information content (AvgIpc) is 2.91. The van der Waals surface area contributed by atoms with Gasteiger partial charge in [-0.15, -0.1) is 11.3 Å². The first-order valence-electron chi connectivity index (χ1n) is 6.86. The molecule has 2 atom stereocenters. The van der Waals surface area contributed by atoms with Crippen molar-refractivity contribution in [2.45, 2.75) is 38.8 Å². The smallest absolute Gasteiger partial charge is 0.129 e. The highest BCUT2D eigenvalue weighted by molar-refractivity contribution is 9.10. The molecule has 1 heterocycles. The van der Waals surface area contributed by atoms with E-state index in [1.807, 2.05) is 19.1 Å². The number of nitrogens with one attached hydrogen (secondary N) is 1. The normalized spacial score (nSPS) is 14.2. The Balaban J connectivity index is 2.13. The lowest BCUT2D eigenvalue weighted by Crippen LogP contribution is -2.24. The number of rotatable bonds is 6. The summed E-state index contributed by atoms with van der Waals surface area (Å²) < 4.78 is 14.8. The molecule has 0 amide bonds. The maximum atomic E-state index is 14.0. The summed E-state index contributed by atoms with van der Waals surface area (Å²) in [5, 5.41) is 5.64. The SMILES string of the molecule is CCCC(NC(C)c1ccc(Br)cc1F)c1cccs1. The fraction of sp³-hybridized carbons (Fsp3) is 0.375. The van der Waals surface area contributed by atoms with E-state index in [4.69, 9.17) is 0 Å². The van der Waals surface area contributed by atoms with Crippen molar-refractivity contribution in [3.8, 4) is 0 Å². The molecule has 0 aliphatic heterocycles. The lowest BCUT2D eigenvalue weighted by Gasteiger charge is -2.23. The zero-order valence-electron chi connectivity index (χ0n) is 11.7. The van der Waals surface area contributed by atoms with E-state index in [9.17, 15) is 4.39 Å². The Morgan fingerprint density at radius 2 is 2.15 bits per heavy atom. The van der Waals surface area contributed by atoms with Gasteiger partial charge in [-0.25, -0.2) is 4.39 Å². The Kier molecular flexibility index (Phi) is 5.75. The van der Waals surface area contributed by atoms with E-state index in [1.165, 1.54) is 10.9 Å². The molecule has 108 valence electrons. The van der Waals surface area contributed by atoms with Crippen molar-refractivity contribution in [3.05, 3.63) is 56.4 Å². The second-order valence-corrected chi connectivity index (χ2v) is 6.81. The van der Waals surface area contributed by atoms with Crippen LogP contribution in [0.3, 0.4) is 0 Å². The molecule has 0 fully saturated rings. The Hall–Kier alpha value is -0.710. The average molecular weight is 356 g/mol. The number of hydrogen-bond donors (Lipinski definition) is 1.